The average molecular weight is 315 g/mol. The van der Waals surface area contributed by atoms with Crippen LogP contribution in [0.3, 0.4) is 0 Å². The van der Waals surface area contributed by atoms with Gasteiger partial charge in [-0.3, -0.25) is 4.79 Å². The summed E-state index contributed by atoms with van der Waals surface area (Å²) < 4.78 is 5.39. The third-order valence-electron chi connectivity index (χ3n) is 3.50. The van der Waals surface area contributed by atoms with Crippen molar-refractivity contribution < 1.29 is 9.53 Å². The van der Waals surface area contributed by atoms with Crippen LogP contribution < -0.4 is 10.1 Å². The zero-order valence-corrected chi connectivity index (χ0v) is 13.1. The minimum atomic E-state index is -0.214. The molecule has 0 bridgehead atoms. The van der Waals surface area contributed by atoms with E-state index in [4.69, 9.17) is 16.3 Å². The number of benzene rings is 2. The first kappa shape index (κ1) is 14.6. The van der Waals surface area contributed by atoms with Gasteiger partial charge < -0.3 is 10.1 Å². The summed E-state index contributed by atoms with van der Waals surface area (Å²) in [7, 11) is 0. The number of aliphatic imine (C=N–C) groups is 1. The molecule has 0 saturated heterocycles. The summed E-state index contributed by atoms with van der Waals surface area (Å²) in [6, 6.07) is 10.9. The van der Waals surface area contributed by atoms with Gasteiger partial charge in [0.15, 0.2) is 0 Å². The highest BCUT2D eigenvalue weighted by Gasteiger charge is 2.28. The molecule has 0 aliphatic carbocycles. The lowest BCUT2D eigenvalue weighted by Crippen LogP contribution is -2.13. The van der Waals surface area contributed by atoms with Crippen LogP contribution in [-0.2, 0) is 4.79 Å². The molecule has 1 amide bonds. The molecule has 3 rings (SSSR count). The van der Waals surface area contributed by atoms with E-state index in [1.807, 2.05) is 44.2 Å². The van der Waals surface area contributed by atoms with Crippen LogP contribution in [0.5, 0.6) is 5.75 Å². The zero-order chi connectivity index (χ0) is 15.7. The van der Waals surface area contributed by atoms with Crippen LogP contribution in [-0.4, -0.2) is 18.2 Å². The minimum Gasteiger partial charge on any atom is -0.494 e. The van der Waals surface area contributed by atoms with Crippen LogP contribution in [0.4, 0.5) is 11.4 Å². The molecule has 4 nitrogen and oxygen atoms in total. The second kappa shape index (κ2) is 5.81. The van der Waals surface area contributed by atoms with Gasteiger partial charge in [0.05, 0.1) is 18.0 Å². The Morgan fingerprint density at radius 3 is 2.59 bits per heavy atom. The van der Waals surface area contributed by atoms with E-state index in [-0.39, 0.29) is 5.91 Å². The molecule has 1 N–H and O–H groups in total. The quantitative estimate of drug-likeness (QED) is 0.926. The lowest BCUT2D eigenvalue weighted by atomic mass is 10.1. The first-order valence-electron chi connectivity index (χ1n) is 7.02. The van der Waals surface area contributed by atoms with Crippen molar-refractivity contribution in [3.05, 3.63) is 52.5 Å². The predicted octanol–water partition coefficient (Wildman–Crippen LogP) is 4.12. The van der Waals surface area contributed by atoms with Gasteiger partial charge in [0.2, 0.25) is 0 Å². The van der Waals surface area contributed by atoms with Crippen LogP contribution in [0.2, 0.25) is 5.02 Å². The van der Waals surface area contributed by atoms with E-state index in [9.17, 15) is 4.79 Å². The Bertz CT molecular complexity index is 767. The topological polar surface area (TPSA) is 50.7 Å². The summed E-state index contributed by atoms with van der Waals surface area (Å²) in [6.45, 7) is 4.42. The third-order valence-corrected chi connectivity index (χ3v) is 3.91. The zero-order valence-electron chi connectivity index (χ0n) is 12.3. The van der Waals surface area contributed by atoms with Gasteiger partial charge in [-0.05, 0) is 55.8 Å². The number of nitrogens with zero attached hydrogens (tertiary/aromatic N) is 1. The monoisotopic (exact) mass is 314 g/mol. The lowest BCUT2D eigenvalue weighted by molar-refractivity contribution is -0.110. The number of hydrogen-bond donors (Lipinski definition) is 1. The summed E-state index contributed by atoms with van der Waals surface area (Å²) in [6.07, 6.45) is 0. The van der Waals surface area contributed by atoms with E-state index in [0.717, 1.165) is 22.6 Å². The molecule has 1 heterocycles. The molecule has 22 heavy (non-hydrogen) atoms. The van der Waals surface area contributed by atoms with Crippen molar-refractivity contribution in [2.75, 3.05) is 11.9 Å². The molecule has 0 aromatic heterocycles. The largest absolute Gasteiger partial charge is 0.494 e. The summed E-state index contributed by atoms with van der Waals surface area (Å²) >= 11 is 6.09. The number of hydrogen-bond acceptors (Lipinski definition) is 3. The Balaban J connectivity index is 1.99. The van der Waals surface area contributed by atoms with E-state index < -0.39 is 0 Å². The Kier molecular flexibility index (Phi) is 3.86. The number of carbonyl (C=O) groups excluding carboxylic acids is 1. The second-order valence-corrected chi connectivity index (χ2v) is 5.34. The van der Waals surface area contributed by atoms with Crippen molar-refractivity contribution in [1.82, 2.24) is 0 Å². The number of rotatable bonds is 3. The van der Waals surface area contributed by atoms with Crippen LogP contribution in [0.25, 0.3) is 0 Å². The standard InChI is InChI=1S/C17H15ClN2O2/c1-3-22-12-6-4-11(5-7-12)19-16-13-8-9-14(18)10(2)15(13)20-17(16)21/h4-9H,3H2,1-2H3,(H,19,20,21). The highest BCUT2D eigenvalue weighted by molar-refractivity contribution is 6.54. The van der Waals surface area contributed by atoms with E-state index in [0.29, 0.717) is 23.0 Å². The molecule has 1 aliphatic rings. The normalized spacial score (nSPS) is 14.9. The number of anilines is 1. The Hall–Kier alpha value is -2.33. The molecule has 0 saturated carbocycles. The Morgan fingerprint density at radius 1 is 1.18 bits per heavy atom. The fourth-order valence-electron chi connectivity index (χ4n) is 2.36. The molecule has 0 spiro atoms. The smallest absolute Gasteiger partial charge is 0.275 e. The van der Waals surface area contributed by atoms with Crippen molar-refractivity contribution >= 4 is 34.6 Å². The fourth-order valence-corrected chi connectivity index (χ4v) is 2.52. The summed E-state index contributed by atoms with van der Waals surface area (Å²) in [5.74, 6) is 0.569. The number of halogens is 1. The summed E-state index contributed by atoms with van der Waals surface area (Å²) in [5, 5.41) is 3.46. The van der Waals surface area contributed by atoms with Gasteiger partial charge in [-0.25, -0.2) is 4.99 Å². The molecule has 0 unspecified atom stereocenters. The number of ether oxygens (including phenoxy) is 1. The molecule has 0 radical (unpaired) electrons. The second-order valence-electron chi connectivity index (χ2n) is 4.94. The van der Waals surface area contributed by atoms with Gasteiger partial charge in [0.1, 0.15) is 11.5 Å². The molecular formula is C17H15ClN2O2. The lowest BCUT2D eigenvalue weighted by Gasteiger charge is -2.04. The first-order chi connectivity index (χ1) is 10.6. The van der Waals surface area contributed by atoms with E-state index in [1.165, 1.54) is 0 Å². The van der Waals surface area contributed by atoms with Crippen LogP contribution >= 0.6 is 11.6 Å². The number of amides is 1. The van der Waals surface area contributed by atoms with Crippen LogP contribution in [0.1, 0.15) is 18.1 Å². The molecule has 0 fully saturated rings. The summed E-state index contributed by atoms with van der Waals surface area (Å²) in [5.41, 5.74) is 3.47. The number of carbonyl (C=O) groups is 1. The highest BCUT2D eigenvalue weighted by Crippen LogP contribution is 2.33. The highest BCUT2D eigenvalue weighted by atomic mass is 35.5. The van der Waals surface area contributed by atoms with E-state index in [2.05, 4.69) is 10.3 Å². The molecular weight excluding hydrogens is 300 g/mol. The average Bonchev–Trinajstić information content (AvgIpc) is 2.82. The summed E-state index contributed by atoms with van der Waals surface area (Å²) in [4.78, 5) is 16.6. The minimum absolute atomic E-state index is 0.214. The van der Waals surface area contributed by atoms with Crippen LogP contribution in [0, 0.1) is 6.92 Å². The van der Waals surface area contributed by atoms with Crippen molar-refractivity contribution in [3.8, 4) is 5.75 Å². The molecule has 0 atom stereocenters. The van der Waals surface area contributed by atoms with Gasteiger partial charge in [0, 0.05) is 10.6 Å². The molecule has 2 aromatic carbocycles. The Morgan fingerprint density at radius 2 is 1.91 bits per heavy atom. The molecule has 2 aromatic rings. The van der Waals surface area contributed by atoms with Crippen LogP contribution in [0.15, 0.2) is 41.4 Å². The molecule has 1 aliphatic heterocycles. The molecule has 112 valence electrons. The van der Waals surface area contributed by atoms with Crippen molar-refractivity contribution in [1.29, 1.82) is 0 Å². The van der Waals surface area contributed by atoms with E-state index >= 15 is 0 Å². The fraction of sp³-hybridized carbons (Fsp3) is 0.176. The SMILES string of the molecule is CCOc1ccc(N=C2C(=O)Nc3c2ccc(Cl)c3C)cc1. The molecule has 5 heteroatoms. The van der Waals surface area contributed by atoms with Gasteiger partial charge in [-0.2, -0.15) is 0 Å². The van der Waals surface area contributed by atoms with Gasteiger partial charge in [-0.1, -0.05) is 11.6 Å². The number of fused-ring (bicyclic) bond motifs is 1. The maximum atomic E-state index is 12.2. The van der Waals surface area contributed by atoms with Crippen molar-refractivity contribution in [2.45, 2.75) is 13.8 Å². The van der Waals surface area contributed by atoms with Crippen molar-refractivity contribution in [3.63, 3.8) is 0 Å². The predicted molar refractivity (Wildman–Crippen MR) is 88.6 cm³/mol. The van der Waals surface area contributed by atoms with E-state index in [1.54, 1.807) is 6.07 Å². The maximum Gasteiger partial charge on any atom is 0.275 e. The first-order valence-corrected chi connectivity index (χ1v) is 7.40. The van der Waals surface area contributed by atoms with Gasteiger partial charge in [-0.15, -0.1) is 0 Å². The Labute approximate surface area is 133 Å². The van der Waals surface area contributed by atoms with Gasteiger partial charge >= 0.3 is 0 Å². The maximum absolute atomic E-state index is 12.2. The van der Waals surface area contributed by atoms with Crippen molar-refractivity contribution in [2.24, 2.45) is 4.99 Å². The third kappa shape index (κ3) is 2.57. The number of nitrogens with one attached hydrogen (secondary N) is 1. The van der Waals surface area contributed by atoms with Gasteiger partial charge in [0.25, 0.3) is 5.91 Å².